The van der Waals surface area contributed by atoms with Crippen LogP contribution in [0, 0.1) is 5.82 Å². The van der Waals surface area contributed by atoms with Crippen LogP contribution in [0.1, 0.15) is 16.7 Å². The summed E-state index contributed by atoms with van der Waals surface area (Å²) in [6.07, 6.45) is 6.50. The van der Waals surface area contributed by atoms with E-state index in [2.05, 4.69) is 37.8 Å². The minimum atomic E-state index is -0.230. The molecular weight excluding hydrogens is 506 g/mol. The Kier molecular flexibility index (Phi) is 8.05. The second-order valence-corrected chi connectivity index (χ2v) is 7.08. The van der Waals surface area contributed by atoms with Crippen LogP contribution < -0.4 is 10.6 Å². The largest absolute Gasteiger partial charge is 0.361 e. The summed E-state index contributed by atoms with van der Waals surface area (Å²) in [6.45, 7) is 2.13. The van der Waals surface area contributed by atoms with Crippen LogP contribution in [0.2, 0.25) is 0 Å². The number of nitrogens with zero attached hydrogens (tertiary/aromatic N) is 3. The Bertz CT molecular complexity index is 1140. The molecule has 0 aliphatic rings. The monoisotopic (exact) mass is 532 g/mol. The molecule has 0 spiro atoms. The van der Waals surface area contributed by atoms with E-state index < -0.39 is 0 Å². The first kappa shape index (κ1) is 22.8. The molecule has 2 heterocycles. The van der Waals surface area contributed by atoms with Crippen molar-refractivity contribution in [1.29, 1.82) is 0 Å². The summed E-state index contributed by atoms with van der Waals surface area (Å²) in [4.78, 5) is 7.45. The fourth-order valence-electron chi connectivity index (χ4n) is 3.53. The quantitative estimate of drug-likeness (QED) is 0.191. The molecule has 0 bridgehead atoms. The molecule has 31 heavy (non-hydrogen) atoms. The summed E-state index contributed by atoms with van der Waals surface area (Å²) >= 11 is 0. The van der Waals surface area contributed by atoms with Crippen molar-refractivity contribution in [3.8, 4) is 0 Å². The molecule has 0 atom stereocenters. The van der Waals surface area contributed by atoms with E-state index in [1.54, 1.807) is 13.2 Å². The topological polar surface area (TPSA) is 70.0 Å². The zero-order valence-electron chi connectivity index (χ0n) is 17.3. The van der Waals surface area contributed by atoms with Crippen molar-refractivity contribution >= 4 is 40.8 Å². The van der Waals surface area contributed by atoms with Gasteiger partial charge in [0.25, 0.3) is 0 Å². The fourth-order valence-corrected chi connectivity index (χ4v) is 3.53. The molecule has 2 aromatic heterocycles. The smallest absolute Gasteiger partial charge is 0.191 e. The maximum Gasteiger partial charge on any atom is 0.191 e. The number of rotatable bonds is 7. The molecule has 162 valence electrons. The number of halogens is 2. The van der Waals surface area contributed by atoms with Gasteiger partial charge in [0, 0.05) is 49.6 Å². The normalized spacial score (nSPS) is 11.4. The maximum absolute atomic E-state index is 13.3. The second-order valence-electron chi connectivity index (χ2n) is 7.08. The molecule has 3 N–H and O–H groups in total. The van der Waals surface area contributed by atoms with Gasteiger partial charge in [0.2, 0.25) is 0 Å². The number of hydrogen-bond acceptors (Lipinski definition) is 2. The number of guanidine groups is 1. The number of fused-ring (bicyclic) bond motifs is 1. The van der Waals surface area contributed by atoms with Gasteiger partial charge in [0.15, 0.2) is 5.96 Å². The zero-order valence-corrected chi connectivity index (χ0v) is 19.6. The molecule has 0 radical (unpaired) electrons. The third kappa shape index (κ3) is 5.84. The predicted molar refractivity (Wildman–Crippen MR) is 133 cm³/mol. The van der Waals surface area contributed by atoms with E-state index in [0.29, 0.717) is 6.54 Å². The van der Waals surface area contributed by atoms with Crippen LogP contribution >= 0.6 is 24.0 Å². The summed E-state index contributed by atoms with van der Waals surface area (Å²) in [5.74, 6) is 0.515. The van der Waals surface area contributed by atoms with Crippen molar-refractivity contribution < 1.29 is 4.39 Å². The van der Waals surface area contributed by atoms with E-state index in [9.17, 15) is 4.39 Å². The lowest BCUT2D eigenvalue weighted by Gasteiger charge is -2.14. The lowest BCUT2D eigenvalue weighted by Crippen LogP contribution is -2.38. The van der Waals surface area contributed by atoms with Crippen LogP contribution in [0.3, 0.4) is 0 Å². The van der Waals surface area contributed by atoms with Gasteiger partial charge in [-0.15, -0.1) is 24.0 Å². The van der Waals surface area contributed by atoms with Gasteiger partial charge in [0.1, 0.15) is 5.82 Å². The van der Waals surface area contributed by atoms with E-state index in [0.717, 1.165) is 41.9 Å². The fraction of sp³-hybridized carbons (Fsp3) is 0.217. The Balaban J connectivity index is 0.00000272. The van der Waals surface area contributed by atoms with Crippen LogP contribution in [0.4, 0.5) is 4.39 Å². The standard InChI is InChI=1S/C23H25FN6.HI/c1-25-23(26-11-9-18-15-27-22-13-20(24)7-8-21(18)22)28-14-17-5-2-3-6-19(17)16-30-12-4-10-29-30;/h2-8,10,12-13,15,27H,9,11,14,16H2,1H3,(H2,25,26,28);1H. The minimum absolute atomic E-state index is 0. The number of benzene rings is 2. The molecule has 4 aromatic rings. The van der Waals surface area contributed by atoms with Crippen LogP contribution in [0.25, 0.3) is 10.9 Å². The Morgan fingerprint density at radius 1 is 1.10 bits per heavy atom. The Labute approximate surface area is 198 Å². The van der Waals surface area contributed by atoms with Crippen molar-refractivity contribution in [3.05, 3.63) is 89.6 Å². The number of hydrogen-bond donors (Lipinski definition) is 3. The molecule has 6 nitrogen and oxygen atoms in total. The SMILES string of the molecule is CN=C(NCCc1c[nH]c2cc(F)ccc12)NCc1ccccc1Cn1cccn1.I. The van der Waals surface area contributed by atoms with Crippen molar-refractivity contribution in [1.82, 2.24) is 25.4 Å². The summed E-state index contributed by atoms with van der Waals surface area (Å²) in [5, 5.41) is 12.1. The lowest BCUT2D eigenvalue weighted by atomic mass is 10.1. The van der Waals surface area contributed by atoms with E-state index >= 15 is 0 Å². The molecule has 0 aliphatic heterocycles. The molecule has 0 fully saturated rings. The van der Waals surface area contributed by atoms with Gasteiger partial charge in [-0.1, -0.05) is 24.3 Å². The van der Waals surface area contributed by atoms with Crippen molar-refractivity contribution in [2.24, 2.45) is 4.99 Å². The number of aromatic nitrogens is 3. The average Bonchev–Trinajstić information content (AvgIpc) is 3.41. The van der Waals surface area contributed by atoms with Crippen molar-refractivity contribution in [3.63, 3.8) is 0 Å². The third-order valence-electron chi connectivity index (χ3n) is 5.10. The lowest BCUT2D eigenvalue weighted by molar-refractivity contribution is 0.629. The van der Waals surface area contributed by atoms with Gasteiger partial charge in [-0.2, -0.15) is 5.10 Å². The van der Waals surface area contributed by atoms with Crippen LogP contribution in [0.5, 0.6) is 0 Å². The number of H-pyrrole nitrogens is 1. The number of aliphatic imine (C=N–C) groups is 1. The molecular formula is C23H26FIN6. The first-order valence-corrected chi connectivity index (χ1v) is 9.97. The Morgan fingerprint density at radius 2 is 1.94 bits per heavy atom. The summed E-state index contributed by atoms with van der Waals surface area (Å²) in [5.41, 5.74) is 4.39. The number of aromatic amines is 1. The molecule has 4 rings (SSSR count). The first-order chi connectivity index (χ1) is 14.7. The van der Waals surface area contributed by atoms with Gasteiger partial charge < -0.3 is 15.6 Å². The second kappa shape index (κ2) is 10.9. The van der Waals surface area contributed by atoms with E-state index in [1.165, 1.54) is 23.3 Å². The molecule has 0 aliphatic carbocycles. The van der Waals surface area contributed by atoms with Crippen molar-refractivity contribution in [2.45, 2.75) is 19.5 Å². The highest BCUT2D eigenvalue weighted by Crippen LogP contribution is 2.19. The highest BCUT2D eigenvalue weighted by molar-refractivity contribution is 14.0. The zero-order chi connectivity index (χ0) is 20.8. The average molecular weight is 532 g/mol. The Morgan fingerprint density at radius 3 is 2.71 bits per heavy atom. The minimum Gasteiger partial charge on any atom is -0.361 e. The van der Waals surface area contributed by atoms with Crippen LogP contribution in [-0.2, 0) is 19.5 Å². The highest BCUT2D eigenvalue weighted by atomic mass is 127. The van der Waals surface area contributed by atoms with E-state index in [1.807, 2.05) is 41.3 Å². The van der Waals surface area contributed by atoms with Crippen LogP contribution in [-0.4, -0.2) is 34.3 Å². The predicted octanol–water partition coefficient (Wildman–Crippen LogP) is 4.08. The molecule has 8 heteroatoms. The summed E-state index contributed by atoms with van der Waals surface area (Å²) in [7, 11) is 1.76. The first-order valence-electron chi connectivity index (χ1n) is 9.97. The number of nitrogens with one attached hydrogen (secondary N) is 3. The maximum atomic E-state index is 13.3. The molecule has 2 aromatic carbocycles. The molecule has 0 saturated carbocycles. The third-order valence-corrected chi connectivity index (χ3v) is 5.10. The summed E-state index contributed by atoms with van der Waals surface area (Å²) < 4.78 is 15.3. The van der Waals surface area contributed by atoms with Gasteiger partial charge in [-0.3, -0.25) is 9.67 Å². The molecule has 0 unspecified atom stereocenters. The van der Waals surface area contributed by atoms with Crippen molar-refractivity contribution in [2.75, 3.05) is 13.6 Å². The molecule has 0 amide bonds. The van der Waals surface area contributed by atoms with Gasteiger partial charge in [0.05, 0.1) is 6.54 Å². The molecule has 0 saturated heterocycles. The van der Waals surface area contributed by atoms with Gasteiger partial charge in [-0.25, -0.2) is 4.39 Å². The van der Waals surface area contributed by atoms with E-state index in [4.69, 9.17) is 0 Å². The van der Waals surface area contributed by atoms with Gasteiger partial charge in [-0.05, 0) is 47.4 Å². The summed E-state index contributed by atoms with van der Waals surface area (Å²) in [6, 6.07) is 15.1. The van der Waals surface area contributed by atoms with Gasteiger partial charge >= 0.3 is 0 Å². The van der Waals surface area contributed by atoms with E-state index in [-0.39, 0.29) is 29.8 Å². The van der Waals surface area contributed by atoms with Crippen LogP contribution in [0.15, 0.2) is 72.1 Å². The Hall–Kier alpha value is -2.88. The highest BCUT2D eigenvalue weighted by Gasteiger charge is 2.07.